The highest BCUT2D eigenvalue weighted by Crippen LogP contribution is 2.37. The van der Waals surface area contributed by atoms with Gasteiger partial charge in [0, 0.05) is 17.7 Å². The average molecular weight is 564 g/mol. The Morgan fingerprint density at radius 1 is 1.07 bits per heavy atom. The molecule has 0 aliphatic heterocycles. The number of carbonyl (C=O) groups is 1. The first kappa shape index (κ1) is 27.2. The number of aromatic nitrogens is 4. The third-order valence-electron chi connectivity index (χ3n) is 5.86. The topological polar surface area (TPSA) is 129 Å². The van der Waals surface area contributed by atoms with Crippen molar-refractivity contribution in [3.05, 3.63) is 65.9 Å². The number of fused-ring (bicyclic) bond motifs is 2. The highest BCUT2D eigenvalue weighted by atomic mass is 32.1. The number of aryl methyl sites for hydroxylation is 1. The van der Waals surface area contributed by atoms with Crippen molar-refractivity contribution in [2.75, 3.05) is 25.6 Å². The van der Waals surface area contributed by atoms with E-state index in [1.165, 1.54) is 30.7 Å². The smallest absolute Gasteiger partial charge is 0.411 e. The molecule has 2 N–H and O–H groups in total. The predicted octanol–water partition coefficient (Wildman–Crippen LogP) is 5.61. The number of rotatable bonds is 8. The van der Waals surface area contributed by atoms with Crippen LogP contribution in [0.5, 0.6) is 11.6 Å². The molecule has 3 aromatic heterocycles. The molecule has 0 saturated heterocycles. The van der Waals surface area contributed by atoms with Crippen LogP contribution in [0.25, 0.3) is 31.8 Å². The summed E-state index contributed by atoms with van der Waals surface area (Å²) in [4.78, 5) is 29.8. The Balaban J connectivity index is 1.24. The zero-order chi connectivity index (χ0) is 28.4. The number of carbonyl (C=O) groups excluding carboxylic acids is 1. The zero-order valence-corrected chi connectivity index (χ0v) is 23.0. The monoisotopic (exact) mass is 563 g/mol. The maximum absolute atomic E-state index is 14.8. The molecule has 0 fully saturated rings. The molecule has 3 heterocycles. The molecule has 0 bridgehead atoms. The van der Waals surface area contributed by atoms with Crippen LogP contribution < -0.4 is 14.8 Å². The molecule has 0 saturated carbocycles. The number of halogens is 1. The lowest BCUT2D eigenvalue weighted by Gasteiger charge is -2.16. The lowest BCUT2D eigenvalue weighted by Crippen LogP contribution is -2.19. The number of benzene rings is 2. The zero-order valence-electron chi connectivity index (χ0n) is 22.2. The van der Waals surface area contributed by atoms with E-state index in [0.717, 1.165) is 15.8 Å². The van der Waals surface area contributed by atoms with Crippen molar-refractivity contribution in [3.63, 3.8) is 0 Å². The largest absolute Gasteiger partial charge is 0.487 e. The SMILES string of the molecule is COc1cnc2c(-c3nc4cc(F)c(OCCOC(=O)Nc5ccc(C(C)(C)O)nc5)cc4s3)cc(C)cc2n1. The average Bonchev–Trinajstić information content (AvgIpc) is 3.32. The minimum absolute atomic E-state index is 0.0248. The van der Waals surface area contributed by atoms with Crippen molar-refractivity contribution < 1.29 is 28.5 Å². The summed E-state index contributed by atoms with van der Waals surface area (Å²) in [5, 5.41) is 13.2. The van der Waals surface area contributed by atoms with E-state index in [0.29, 0.717) is 38.8 Å². The summed E-state index contributed by atoms with van der Waals surface area (Å²) in [5.41, 5.74) is 3.38. The molecule has 5 rings (SSSR count). The van der Waals surface area contributed by atoms with E-state index in [9.17, 15) is 14.3 Å². The summed E-state index contributed by atoms with van der Waals surface area (Å²) >= 11 is 1.38. The molecule has 206 valence electrons. The van der Waals surface area contributed by atoms with Crippen molar-refractivity contribution in [2.24, 2.45) is 0 Å². The van der Waals surface area contributed by atoms with Crippen LogP contribution in [-0.2, 0) is 10.3 Å². The van der Waals surface area contributed by atoms with E-state index in [2.05, 4.69) is 25.3 Å². The number of aliphatic hydroxyl groups is 1. The van der Waals surface area contributed by atoms with E-state index in [-0.39, 0.29) is 19.0 Å². The minimum atomic E-state index is -1.09. The second kappa shape index (κ2) is 11.0. The second-order valence-corrected chi connectivity index (χ2v) is 10.5. The van der Waals surface area contributed by atoms with Gasteiger partial charge in [-0.15, -0.1) is 11.3 Å². The molecular weight excluding hydrogens is 537 g/mol. The van der Waals surface area contributed by atoms with Gasteiger partial charge in [-0.05, 0) is 50.6 Å². The van der Waals surface area contributed by atoms with Gasteiger partial charge < -0.3 is 19.3 Å². The third kappa shape index (κ3) is 5.92. The Labute approximate surface area is 232 Å². The number of hydrogen-bond acceptors (Lipinski definition) is 10. The molecule has 0 unspecified atom stereocenters. The molecule has 40 heavy (non-hydrogen) atoms. The fourth-order valence-electron chi connectivity index (χ4n) is 3.93. The van der Waals surface area contributed by atoms with Crippen molar-refractivity contribution in [1.29, 1.82) is 0 Å². The summed E-state index contributed by atoms with van der Waals surface area (Å²) in [7, 11) is 1.53. The molecule has 0 aliphatic rings. The number of nitrogens with zero attached hydrogens (tertiary/aromatic N) is 4. The van der Waals surface area contributed by atoms with Crippen LogP contribution in [-0.4, -0.2) is 51.5 Å². The summed E-state index contributed by atoms with van der Waals surface area (Å²) in [5.74, 6) is -0.140. The number of nitrogens with one attached hydrogen (secondary N) is 1. The Kier molecular flexibility index (Phi) is 7.46. The summed E-state index contributed by atoms with van der Waals surface area (Å²) < 4.78 is 31.4. The van der Waals surface area contributed by atoms with Crippen molar-refractivity contribution in [3.8, 4) is 22.2 Å². The number of anilines is 1. The first-order valence-corrected chi connectivity index (χ1v) is 13.1. The van der Waals surface area contributed by atoms with Gasteiger partial charge in [-0.2, -0.15) is 0 Å². The van der Waals surface area contributed by atoms with E-state index in [1.54, 1.807) is 38.2 Å². The third-order valence-corrected chi connectivity index (χ3v) is 6.91. The highest BCUT2D eigenvalue weighted by Gasteiger charge is 2.18. The van der Waals surface area contributed by atoms with E-state index in [4.69, 9.17) is 14.2 Å². The van der Waals surface area contributed by atoms with Gasteiger partial charge in [0.15, 0.2) is 11.6 Å². The standard InChI is InChI=1S/C28H26FN5O5S/c1-15-9-17(25-20(10-15)33-24(37-4)14-31-25)26-34-19-11-18(29)21(12-22(19)40-26)38-7-8-39-27(35)32-16-5-6-23(30-13-16)28(2,3)36/h5-6,9-14,36H,7-8H2,1-4H3,(H,32,35). The van der Waals surface area contributed by atoms with Gasteiger partial charge in [0.1, 0.15) is 23.8 Å². The van der Waals surface area contributed by atoms with Gasteiger partial charge in [0.25, 0.3) is 0 Å². The van der Waals surface area contributed by atoms with E-state index in [1.807, 2.05) is 19.1 Å². The molecule has 10 nitrogen and oxygen atoms in total. The van der Waals surface area contributed by atoms with Gasteiger partial charge in [-0.25, -0.2) is 24.1 Å². The Bertz CT molecular complexity index is 1700. The summed E-state index contributed by atoms with van der Waals surface area (Å²) in [6, 6.07) is 9.99. The number of amides is 1. The molecular formula is C28H26FN5O5S. The number of thiazole rings is 1. The van der Waals surface area contributed by atoms with Crippen molar-refractivity contribution >= 4 is 44.4 Å². The number of ether oxygens (including phenoxy) is 3. The van der Waals surface area contributed by atoms with Gasteiger partial charge in [0.2, 0.25) is 5.88 Å². The van der Waals surface area contributed by atoms with Crippen LogP contribution >= 0.6 is 11.3 Å². The normalized spacial score (nSPS) is 11.6. The number of pyridine rings is 1. The lowest BCUT2D eigenvalue weighted by atomic mass is 10.1. The summed E-state index contributed by atoms with van der Waals surface area (Å²) in [6.45, 7) is 5.02. The van der Waals surface area contributed by atoms with Crippen molar-refractivity contribution in [2.45, 2.75) is 26.4 Å². The van der Waals surface area contributed by atoms with E-state index >= 15 is 0 Å². The van der Waals surface area contributed by atoms with Crippen LogP contribution in [0.1, 0.15) is 25.1 Å². The molecule has 1 amide bonds. The fourth-order valence-corrected chi connectivity index (χ4v) is 4.93. The molecule has 2 aromatic carbocycles. The van der Waals surface area contributed by atoms with Gasteiger partial charge in [-0.1, -0.05) is 0 Å². The van der Waals surface area contributed by atoms with Gasteiger partial charge in [0.05, 0.1) is 52.1 Å². The second-order valence-electron chi connectivity index (χ2n) is 9.46. The first-order valence-electron chi connectivity index (χ1n) is 12.3. The van der Waals surface area contributed by atoms with Crippen LogP contribution in [0, 0.1) is 12.7 Å². The molecule has 0 radical (unpaired) electrons. The van der Waals surface area contributed by atoms with Crippen LogP contribution in [0.15, 0.2) is 48.8 Å². The predicted molar refractivity (Wildman–Crippen MR) is 149 cm³/mol. The van der Waals surface area contributed by atoms with E-state index < -0.39 is 17.5 Å². The van der Waals surface area contributed by atoms with Crippen LogP contribution in [0.4, 0.5) is 14.9 Å². The molecule has 12 heteroatoms. The van der Waals surface area contributed by atoms with Gasteiger partial charge >= 0.3 is 6.09 Å². The quantitative estimate of drug-likeness (QED) is 0.231. The Morgan fingerprint density at radius 2 is 1.90 bits per heavy atom. The fraction of sp³-hybridized carbons (Fsp3) is 0.250. The maximum Gasteiger partial charge on any atom is 0.411 e. The molecule has 0 aliphatic carbocycles. The highest BCUT2D eigenvalue weighted by molar-refractivity contribution is 7.21. The first-order chi connectivity index (χ1) is 19.1. The van der Waals surface area contributed by atoms with Crippen LogP contribution in [0.2, 0.25) is 0 Å². The molecule has 0 spiro atoms. The Hall–Kier alpha value is -4.42. The maximum atomic E-state index is 14.8. The minimum Gasteiger partial charge on any atom is -0.487 e. The number of methoxy groups -OCH3 is 1. The molecule has 0 atom stereocenters. The Morgan fingerprint density at radius 3 is 2.62 bits per heavy atom. The number of hydrogen-bond donors (Lipinski definition) is 2. The molecule has 5 aromatic rings. The van der Waals surface area contributed by atoms with Crippen LogP contribution in [0.3, 0.4) is 0 Å². The lowest BCUT2D eigenvalue weighted by molar-refractivity contribution is 0.0739. The van der Waals surface area contributed by atoms with Crippen molar-refractivity contribution in [1.82, 2.24) is 19.9 Å². The summed E-state index contributed by atoms with van der Waals surface area (Å²) in [6.07, 6.45) is 2.25. The van der Waals surface area contributed by atoms with Gasteiger partial charge in [-0.3, -0.25) is 10.3 Å².